The van der Waals surface area contributed by atoms with E-state index in [1.807, 2.05) is 48.5 Å². The van der Waals surface area contributed by atoms with Gasteiger partial charge in [0.1, 0.15) is 12.3 Å². The van der Waals surface area contributed by atoms with Crippen molar-refractivity contribution >= 4 is 38.6 Å². The summed E-state index contributed by atoms with van der Waals surface area (Å²) < 4.78 is 58.6. The van der Waals surface area contributed by atoms with E-state index < -0.39 is 34.7 Å². The highest BCUT2D eigenvalue weighted by molar-refractivity contribution is 14.1. The van der Waals surface area contributed by atoms with Gasteiger partial charge in [-0.1, -0.05) is 36.4 Å². The second kappa shape index (κ2) is 10.2. The topological polar surface area (TPSA) is 83.9 Å². The van der Waals surface area contributed by atoms with Crippen molar-refractivity contribution in [2.75, 3.05) is 6.54 Å². The second-order valence-electron chi connectivity index (χ2n) is 8.22. The smallest absolute Gasteiger partial charge is 0.387 e. The van der Waals surface area contributed by atoms with E-state index in [1.54, 1.807) is 0 Å². The number of nitrogens with zero attached hydrogens (tertiary/aromatic N) is 1. The minimum atomic E-state index is -4.27. The number of hydrogen-bond acceptors (Lipinski definition) is 4. The van der Waals surface area contributed by atoms with Gasteiger partial charge in [0.25, 0.3) is 0 Å². The van der Waals surface area contributed by atoms with E-state index in [4.69, 9.17) is 0 Å². The number of benzene rings is 3. The van der Waals surface area contributed by atoms with Crippen molar-refractivity contribution in [2.24, 2.45) is 0 Å². The van der Waals surface area contributed by atoms with Crippen LogP contribution in [0, 0.1) is 3.57 Å². The average molecular weight is 613 g/mol. The number of carboxylic acid groups (broad SMARTS) is 1. The van der Waals surface area contributed by atoms with Crippen LogP contribution < -0.4 is 4.74 Å². The maximum atomic E-state index is 13.6. The number of ether oxygens (including phenoxy) is 1. The molecule has 3 aromatic rings. The zero-order chi connectivity index (χ0) is 25.2. The van der Waals surface area contributed by atoms with Gasteiger partial charge in [-0.3, -0.25) is 4.79 Å². The fraction of sp³-hybridized carbons (Fsp3) is 0.240. The molecule has 1 N–H and O–H groups in total. The van der Waals surface area contributed by atoms with Crippen LogP contribution in [0.4, 0.5) is 8.78 Å². The highest BCUT2D eigenvalue weighted by atomic mass is 127. The van der Waals surface area contributed by atoms with Gasteiger partial charge in [-0.15, -0.1) is 0 Å². The second-order valence-corrected chi connectivity index (χ2v) is 11.3. The predicted molar refractivity (Wildman–Crippen MR) is 135 cm³/mol. The van der Waals surface area contributed by atoms with Crippen molar-refractivity contribution in [3.63, 3.8) is 0 Å². The van der Waals surface area contributed by atoms with E-state index >= 15 is 0 Å². The van der Waals surface area contributed by atoms with E-state index in [0.29, 0.717) is 18.4 Å². The normalized spacial score (nSPS) is 15.1. The lowest BCUT2D eigenvalue weighted by Gasteiger charge is -2.49. The molecule has 0 radical (unpaired) electrons. The molecule has 4 rings (SSSR count). The molecule has 0 spiro atoms. The van der Waals surface area contributed by atoms with Gasteiger partial charge in [-0.05, 0) is 94.9 Å². The van der Waals surface area contributed by atoms with Crippen LogP contribution in [-0.4, -0.2) is 37.0 Å². The third-order valence-corrected chi connectivity index (χ3v) is 8.82. The highest BCUT2D eigenvalue weighted by Crippen LogP contribution is 2.49. The summed E-state index contributed by atoms with van der Waals surface area (Å²) in [5.41, 5.74) is 1.67. The van der Waals surface area contributed by atoms with Crippen LogP contribution in [0.3, 0.4) is 0 Å². The summed E-state index contributed by atoms with van der Waals surface area (Å²) in [7, 11) is -4.27. The van der Waals surface area contributed by atoms with Crippen molar-refractivity contribution in [3.8, 4) is 16.9 Å². The number of aliphatic carboxylic acids is 1. The standard InChI is InChI=1S/C25H22F2INO5S/c26-24(27)34-21-10-12-22(13-11-21)35(32,33)29(16-23(30)31)25(14-1-15-25)19-6-2-17(3-7-19)18-4-8-20(28)9-5-18/h2-13,24H,1,14-16H2,(H,30,31). The van der Waals surface area contributed by atoms with Crippen molar-refractivity contribution in [1.82, 2.24) is 4.31 Å². The summed E-state index contributed by atoms with van der Waals surface area (Å²) in [4.78, 5) is 11.5. The Morgan fingerprint density at radius 1 is 0.971 bits per heavy atom. The van der Waals surface area contributed by atoms with E-state index in [9.17, 15) is 27.1 Å². The van der Waals surface area contributed by atoms with Gasteiger partial charge in [-0.2, -0.15) is 13.1 Å². The lowest BCUT2D eigenvalue weighted by Crippen LogP contribution is -2.55. The highest BCUT2D eigenvalue weighted by Gasteiger charge is 2.50. The molecule has 0 aliphatic heterocycles. The van der Waals surface area contributed by atoms with Gasteiger partial charge in [-0.25, -0.2) is 8.42 Å². The van der Waals surface area contributed by atoms with E-state index in [-0.39, 0.29) is 10.6 Å². The first kappa shape index (κ1) is 25.5. The number of sulfonamides is 1. The van der Waals surface area contributed by atoms with Crippen LogP contribution in [0.1, 0.15) is 24.8 Å². The molecule has 0 unspecified atom stereocenters. The first-order valence-electron chi connectivity index (χ1n) is 10.8. The molecular weight excluding hydrogens is 591 g/mol. The Hall–Kier alpha value is -2.57. The van der Waals surface area contributed by atoms with Crippen LogP contribution in [0.5, 0.6) is 5.75 Å². The SMILES string of the molecule is O=C(O)CN(C1(c2ccc(-c3ccc(I)cc3)cc2)CCC1)S(=O)(=O)c1ccc(OC(F)F)cc1. The van der Waals surface area contributed by atoms with Gasteiger partial charge in [0.05, 0.1) is 10.4 Å². The van der Waals surface area contributed by atoms with E-state index in [1.165, 1.54) is 0 Å². The summed E-state index contributed by atoms with van der Waals surface area (Å²) in [6.07, 6.45) is 1.68. The zero-order valence-electron chi connectivity index (χ0n) is 18.4. The van der Waals surface area contributed by atoms with Gasteiger partial charge in [0, 0.05) is 3.57 Å². The largest absolute Gasteiger partial charge is 0.480 e. The summed E-state index contributed by atoms with van der Waals surface area (Å²) in [5, 5.41) is 9.57. The van der Waals surface area contributed by atoms with Crippen LogP contribution in [-0.2, 0) is 20.4 Å². The fourth-order valence-corrected chi connectivity index (χ4v) is 6.44. The van der Waals surface area contributed by atoms with Gasteiger partial charge >= 0.3 is 12.6 Å². The maximum absolute atomic E-state index is 13.6. The molecule has 6 nitrogen and oxygen atoms in total. The van der Waals surface area contributed by atoms with Crippen molar-refractivity contribution in [1.29, 1.82) is 0 Å². The van der Waals surface area contributed by atoms with Crippen LogP contribution in [0.15, 0.2) is 77.7 Å². The Morgan fingerprint density at radius 3 is 1.97 bits per heavy atom. The van der Waals surface area contributed by atoms with Crippen molar-refractivity contribution < 1.29 is 31.8 Å². The molecule has 1 aliphatic carbocycles. The molecule has 3 aromatic carbocycles. The molecule has 35 heavy (non-hydrogen) atoms. The third-order valence-electron chi connectivity index (χ3n) is 6.17. The van der Waals surface area contributed by atoms with Crippen molar-refractivity contribution in [2.45, 2.75) is 36.3 Å². The minimum Gasteiger partial charge on any atom is -0.480 e. The Labute approximate surface area is 215 Å². The molecule has 1 saturated carbocycles. The molecule has 1 fully saturated rings. The number of alkyl halides is 2. The van der Waals surface area contributed by atoms with Crippen LogP contribution in [0.2, 0.25) is 0 Å². The van der Waals surface area contributed by atoms with E-state index in [2.05, 4.69) is 27.3 Å². The van der Waals surface area contributed by atoms with Crippen molar-refractivity contribution in [3.05, 3.63) is 81.9 Å². The predicted octanol–water partition coefficient (Wildman–Crippen LogP) is 5.71. The first-order valence-corrected chi connectivity index (χ1v) is 13.3. The first-order chi connectivity index (χ1) is 16.6. The molecule has 0 atom stereocenters. The summed E-state index contributed by atoms with van der Waals surface area (Å²) >= 11 is 2.23. The molecule has 184 valence electrons. The van der Waals surface area contributed by atoms with Gasteiger partial charge < -0.3 is 9.84 Å². The molecular formula is C25H22F2INO5S. The van der Waals surface area contributed by atoms with Crippen LogP contribution >= 0.6 is 22.6 Å². The number of carbonyl (C=O) groups is 1. The minimum absolute atomic E-state index is 0.187. The zero-order valence-corrected chi connectivity index (χ0v) is 21.4. The Balaban J connectivity index is 1.70. The van der Waals surface area contributed by atoms with Crippen LogP contribution in [0.25, 0.3) is 11.1 Å². The fourth-order valence-electron chi connectivity index (χ4n) is 4.32. The Morgan fingerprint density at radius 2 is 1.51 bits per heavy atom. The summed E-state index contributed by atoms with van der Waals surface area (Å²) in [6, 6.07) is 20.0. The maximum Gasteiger partial charge on any atom is 0.387 e. The molecule has 0 bridgehead atoms. The lowest BCUT2D eigenvalue weighted by molar-refractivity contribution is -0.139. The molecule has 10 heteroatoms. The van der Waals surface area contributed by atoms with Gasteiger partial charge in [0.2, 0.25) is 10.0 Å². The monoisotopic (exact) mass is 613 g/mol. The number of halogens is 3. The summed E-state index contributed by atoms with van der Waals surface area (Å²) in [5.74, 6) is -1.47. The molecule has 0 heterocycles. The number of hydrogen-bond donors (Lipinski definition) is 1. The number of rotatable bonds is 9. The van der Waals surface area contributed by atoms with Gasteiger partial charge in [0.15, 0.2) is 0 Å². The molecule has 0 saturated heterocycles. The summed E-state index contributed by atoms with van der Waals surface area (Å²) in [6.45, 7) is -3.77. The third kappa shape index (κ3) is 5.34. The van der Waals surface area contributed by atoms with E-state index in [0.717, 1.165) is 49.7 Å². The molecule has 0 amide bonds. The quantitative estimate of drug-likeness (QED) is 0.313. The lowest BCUT2D eigenvalue weighted by atomic mass is 9.71. The Bertz CT molecular complexity index is 1290. The average Bonchev–Trinajstić information content (AvgIpc) is 2.78. The Kier molecular flexibility index (Phi) is 7.43. The molecule has 0 aromatic heterocycles. The molecule has 1 aliphatic rings. The number of carboxylic acids is 1.